The van der Waals surface area contributed by atoms with Crippen molar-refractivity contribution < 1.29 is 4.74 Å². The molecule has 0 radical (unpaired) electrons. The number of nitriles is 1. The Labute approximate surface area is 130 Å². The van der Waals surface area contributed by atoms with E-state index in [1.54, 1.807) is 30.5 Å². The van der Waals surface area contributed by atoms with Crippen LogP contribution in [0.4, 0.5) is 0 Å². The average Bonchev–Trinajstić information content (AvgIpc) is 2.86. The smallest absolute Gasteiger partial charge is 0.350 e. The lowest BCUT2D eigenvalue weighted by molar-refractivity contribution is 0.289. The molecule has 0 saturated carbocycles. The van der Waals surface area contributed by atoms with Crippen LogP contribution in [0.2, 0.25) is 5.02 Å². The second kappa shape index (κ2) is 5.92. The molecule has 3 aromatic rings. The number of hydrogen-bond donors (Lipinski definition) is 0. The number of aromatic nitrogens is 3. The maximum Gasteiger partial charge on any atom is 0.350 e. The summed E-state index contributed by atoms with van der Waals surface area (Å²) in [5.74, 6) is 0.470. The number of halogens is 1. The van der Waals surface area contributed by atoms with Gasteiger partial charge in [0.1, 0.15) is 12.4 Å². The first-order valence-corrected chi connectivity index (χ1v) is 6.93. The molecule has 0 aliphatic carbocycles. The van der Waals surface area contributed by atoms with Crippen LogP contribution in [-0.4, -0.2) is 20.8 Å². The van der Waals surface area contributed by atoms with Crippen LogP contribution in [0.25, 0.3) is 5.65 Å². The number of benzene rings is 1. The van der Waals surface area contributed by atoms with E-state index in [4.69, 9.17) is 21.6 Å². The van der Waals surface area contributed by atoms with Crippen molar-refractivity contribution in [3.05, 3.63) is 63.7 Å². The van der Waals surface area contributed by atoms with Gasteiger partial charge in [0.05, 0.1) is 23.2 Å². The third-order valence-electron chi connectivity index (χ3n) is 3.11. The van der Waals surface area contributed by atoms with Crippen molar-refractivity contribution in [1.29, 1.82) is 5.26 Å². The van der Waals surface area contributed by atoms with Gasteiger partial charge in [0.25, 0.3) is 0 Å². The molecule has 0 aliphatic heterocycles. The predicted molar refractivity (Wildman–Crippen MR) is 81.1 cm³/mol. The van der Waals surface area contributed by atoms with Crippen LogP contribution in [-0.2, 0) is 6.54 Å². The van der Waals surface area contributed by atoms with Crippen LogP contribution in [0.5, 0.6) is 5.75 Å². The van der Waals surface area contributed by atoms with Gasteiger partial charge >= 0.3 is 5.69 Å². The molecule has 6 nitrogen and oxygen atoms in total. The molecule has 1 aromatic carbocycles. The standard InChI is InChI=1S/C15H11ClN4O2/c16-12-9-11(10-17)4-5-13(12)22-8-7-20-15(21)19-6-2-1-3-14(19)18-20/h1-6,9H,7-8H2. The highest BCUT2D eigenvalue weighted by molar-refractivity contribution is 6.32. The van der Waals surface area contributed by atoms with Gasteiger partial charge in [0.15, 0.2) is 5.65 Å². The fraction of sp³-hybridized carbons (Fsp3) is 0.133. The zero-order valence-electron chi connectivity index (χ0n) is 11.4. The van der Waals surface area contributed by atoms with E-state index < -0.39 is 0 Å². The molecular formula is C15H11ClN4O2. The van der Waals surface area contributed by atoms with Crippen LogP contribution in [0.15, 0.2) is 47.4 Å². The van der Waals surface area contributed by atoms with E-state index in [9.17, 15) is 4.79 Å². The first-order chi connectivity index (χ1) is 10.7. The second-order valence-corrected chi connectivity index (χ2v) is 4.95. The van der Waals surface area contributed by atoms with Gasteiger partial charge in [-0.15, -0.1) is 5.10 Å². The normalized spacial score (nSPS) is 10.5. The fourth-order valence-corrected chi connectivity index (χ4v) is 2.28. The summed E-state index contributed by atoms with van der Waals surface area (Å²) in [6.45, 7) is 0.548. The van der Waals surface area contributed by atoms with E-state index in [-0.39, 0.29) is 12.3 Å². The number of rotatable bonds is 4. The Morgan fingerprint density at radius 1 is 1.32 bits per heavy atom. The van der Waals surface area contributed by atoms with E-state index in [1.807, 2.05) is 12.1 Å². The van der Waals surface area contributed by atoms with E-state index >= 15 is 0 Å². The van der Waals surface area contributed by atoms with E-state index in [1.165, 1.54) is 15.1 Å². The zero-order valence-corrected chi connectivity index (χ0v) is 12.2. The third-order valence-corrected chi connectivity index (χ3v) is 3.41. The lowest BCUT2D eigenvalue weighted by Crippen LogP contribution is -2.23. The van der Waals surface area contributed by atoms with Gasteiger partial charge in [-0.25, -0.2) is 9.48 Å². The molecular weight excluding hydrogens is 304 g/mol. The minimum Gasteiger partial charge on any atom is -0.490 e. The Morgan fingerprint density at radius 3 is 2.91 bits per heavy atom. The molecule has 0 N–H and O–H groups in total. The molecule has 3 rings (SSSR count). The van der Waals surface area contributed by atoms with E-state index in [0.717, 1.165) is 0 Å². The van der Waals surface area contributed by atoms with Crippen LogP contribution < -0.4 is 10.4 Å². The number of fused-ring (bicyclic) bond motifs is 1. The third kappa shape index (κ3) is 2.67. The van der Waals surface area contributed by atoms with Gasteiger partial charge in [-0.2, -0.15) is 5.26 Å². The Bertz CT molecular complexity index is 923. The SMILES string of the molecule is N#Cc1ccc(OCCn2nc3ccccn3c2=O)c(Cl)c1. The molecule has 7 heteroatoms. The number of nitrogens with zero attached hydrogens (tertiary/aromatic N) is 4. The molecule has 0 aliphatic rings. The summed E-state index contributed by atoms with van der Waals surface area (Å²) in [5.41, 5.74) is 0.836. The van der Waals surface area contributed by atoms with Crippen molar-refractivity contribution in [1.82, 2.24) is 14.2 Å². The van der Waals surface area contributed by atoms with Gasteiger partial charge in [0.2, 0.25) is 0 Å². The highest BCUT2D eigenvalue weighted by atomic mass is 35.5. The van der Waals surface area contributed by atoms with Crippen LogP contribution >= 0.6 is 11.6 Å². The Kier molecular flexibility index (Phi) is 3.81. The molecule has 0 unspecified atom stereocenters. The number of pyridine rings is 1. The van der Waals surface area contributed by atoms with Crippen molar-refractivity contribution in [3.8, 4) is 11.8 Å². The summed E-state index contributed by atoms with van der Waals surface area (Å²) in [4.78, 5) is 12.1. The molecule has 0 atom stereocenters. The largest absolute Gasteiger partial charge is 0.490 e. The molecule has 0 amide bonds. The van der Waals surface area contributed by atoms with Crippen molar-refractivity contribution in [3.63, 3.8) is 0 Å². The maximum absolute atomic E-state index is 12.1. The maximum atomic E-state index is 12.1. The Hall–Kier alpha value is -2.78. The van der Waals surface area contributed by atoms with Gasteiger partial charge in [-0.1, -0.05) is 17.7 Å². The number of ether oxygens (including phenoxy) is 1. The molecule has 2 aromatic heterocycles. The van der Waals surface area contributed by atoms with Crippen molar-refractivity contribution in [2.75, 3.05) is 6.61 Å². The van der Waals surface area contributed by atoms with Gasteiger partial charge in [0, 0.05) is 6.20 Å². The molecule has 110 valence electrons. The first-order valence-electron chi connectivity index (χ1n) is 6.56. The van der Waals surface area contributed by atoms with Crippen LogP contribution in [0.3, 0.4) is 0 Å². The fourth-order valence-electron chi connectivity index (χ4n) is 2.04. The molecule has 0 spiro atoms. The first kappa shape index (κ1) is 14.2. The highest BCUT2D eigenvalue weighted by Crippen LogP contribution is 2.25. The molecule has 22 heavy (non-hydrogen) atoms. The highest BCUT2D eigenvalue weighted by Gasteiger charge is 2.07. The summed E-state index contributed by atoms with van der Waals surface area (Å²) in [7, 11) is 0. The molecule has 0 bridgehead atoms. The van der Waals surface area contributed by atoms with Crippen molar-refractivity contribution in [2.45, 2.75) is 6.54 Å². The summed E-state index contributed by atoms with van der Waals surface area (Å²) in [5, 5.41) is 13.3. The van der Waals surface area contributed by atoms with Gasteiger partial charge < -0.3 is 4.74 Å². The summed E-state index contributed by atoms with van der Waals surface area (Å²) >= 11 is 6.02. The zero-order chi connectivity index (χ0) is 15.5. The van der Waals surface area contributed by atoms with E-state index in [0.29, 0.717) is 28.5 Å². The van der Waals surface area contributed by atoms with E-state index in [2.05, 4.69) is 5.10 Å². The number of hydrogen-bond acceptors (Lipinski definition) is 4. The lowest BCUT2D eigenvalue weighted by Gasteiger charge is -2.07. The van der Waals surface area contributed by atoms with Crippen LogP contribution in [0, 0.1) is 11.3 Å². The summed E-state index contributed by atoms with van der Waals surface area (Å²) in [6.07, 6.45) is 1.67. The lowest BCUT2D eigenvalue weighted by atomic mass is 10.2. The minimum atomic E-state index is -0.217. The van der Waals surface area contributed by atoms with Crippen LogP contribution in [0.1, 0.15) is 5.56 Å². The topological polar surface area (TPSA) is 72.3 Å². The average molecular weight is 315 g/mol. The monoisotopic (exact) mass is 314 g/mol. The molecule has 2 heterocycles. The Balaban J connectivity index is 1.71. The molecule has 0 saturated heterocycles. The second-order valence-electron chi connectivity index (χ2n) is 4.54. The van der Waals surface area contributed by atoms with Gasteiger partial charge in [-0.05, 0) is 30.3 Å². The summed E-state index contributed by atoms with van der Waals surface area (Å²) in [6, 6.07) is 12.1. The van der Waals surface area contributed by atoms with Crippen molar-refractivity contribution in [2.24, 2.45) is 0 Å². The summed E-state index contributed by atoms with van der Waals surface area (Å²) < 4.78 is 8.35. The quantitative estimate of drug-likeness (QED) is 0.739. The van der Waals surface area contributed by atoms with Gasteiger partial charge in [-0.3, -0.25) is 4.40 Å². The van der Waals surface area contributed by atoms with Crippen molar-refractivity contribution >= 4 is 17.2 Å². The predicted octanol–water partition coefficient (Wildman–Crippen LogP) is 2.10. The molecule has 0 fully saturated rings. The Morgan fingerprint density at radius 2 is 2.18 bits per heavy atom. The minimum absolute atomic E-state index is 0.217.